The molecule has 0 spiro atoms. The molecule has 0 aliphatic heterocycles. The predicted octanol–water partition coefficient (Wildman–Crippen LogP) is 7.91. The zero-order chi connectivity index (χ0) is 24.9. The molecule has 0 bridgehead atoms. The third-order valence-electron chi connectivity index (χ3n) is 5.35. The number of carbonyl (C=O) groups excluding carboxylic acids is 1. The highest BCUT2D eigenvalue weighted by Gasteiger charge is 2.13. The number of nitrogens with one attached hydrogen (secondary N) is 1. The second-order valence-electron chi connectivity index (χ2n) is 7.71. The van der Waals surface area contributed by atoms with Crippen molar-refractivity contribution in [2.75, 3.05) is 11.1 Å². The van der Waals surface area contributed by atoms with E-state index in [9.17, 15) is 9.90 Å². The van der Waals surface area contributed by atoms with E-state index < -0.39 is 0 Å². The van der Waals surface area contributed by atoms with E-state index in [0.29, 0.717) is 16.3 Å². The van der Waals surface area contributed by atoms with Crippen molar-refractivity contribution in [3.63, 3.8) is 0 Å². The number of hydrogen-bond donors (Lipinski definition) is 2. The van der Waals surface area contributed by atoms with Gasteiger partial charge in [0.25, 0.3) is 0 Å². The molecule has 9 heteroatoms. The van der Waals surface area contributed by atoms with Crippen molar-refractivity contribution in [1.29, 1.82) is 0 Å². The maximum atomic E-state index is 12.7. The van der Waals surface area contributed by atoms with Crippen LogP contribution in [0.3, 0.4) is 0 Å². The molecule has 2 N–H and O–H groups in total. The van der Waals surface area contributed by atoms with Crippen molar-refractivity contribution < 1.29 is 9.90 Å². The molecule has 0 radical (unpaired) electrons. The lowest BCUT2D eigenvalue weighted by Gasteiger charge is -2.14. The smallest absolute Gasteiger partial charge is 0.234 e. The number of thioether (sulfide) groups is 1. The Morgan fingerprint density at radius 2 is 1.89 bits per heavy atom. The van der Waals surface area contributed by atoms with Gasteiger partial charge in [0.2, 0.25) is 5.91 Å². The summed E-state index contributed by atoms with van der Waals surface area (Å²) in [6.45, 7) is 4.18. The van der Waals surface area contributed by atoms with Gasteiger partial charge in [-0.15, -0.1) is 11.3 Å². The van der Waals surface area contributed by atoms with Crippen LogP contribution in [0.2, 0.25) is 10.0 Å². The summed E-state index contributed by atoms with van der Waals surface area (Å²) in [4.78, 5) is 21.7. The molecular formula is C26H23Cl2N3O2S2. The quantitative estimate of drug-likeness (QED) is 0.175. The van der Waals surface area contributed by atoms with Gasteiger partial charge in [-0.2, -0.15) is 0 Å². The van der Waals surface area contributed by atoms with Crippen LogP contribution in [0.5, 0.6) is 5.75 Å². The number of amides is 1. The molecule has 3 aromatic carbocycles. The first kappa shape index (κ1) is 25.5. The average Bonchev–Trinajstić information content (AvgIpc) is 3.26. The van der Waals surface area contributed by atoms with Crippen molar-refractivity contribution in [3.05, 3.63) is 75.3 Å². The molecule has 0 unspecified atom stereocenters. The number of thiazole rings is 1. The van der Waals surface area contributed by atoms with Crippen LogP contribution in [0.15, 0.2) is 57.9 Å². The predicted molar refractivity (Wildman–Crippen MR) is 150 cm³/mol. The number of aliphatic imine (C=N–C) groups is 1. The number of rotatable bonds is 8. The molecular weight excluding hydrogens is 521 g/mol. The number of benzene rings is 3. The summed E-state index contributed by atoms with van der Waals surface area (Å²) in [7, 11) is 0. The maximum Gasteiger partial charge on any atom is 0.234 e. The highest BCUT2D eigenvalue weighted by atomic mass is 35.5. The Morgan fingerprint density at radius 3 is 2.60 bits per heavy atom. The number of phenols is 1. The largest absolute Gasteiger partial charge is 0.506 e. The summed E-state index contributed by atoms with van der Waals surface area (Å²) in [5.74, 6) is 0.166. The molecule has 4 aromatic rings. The zero-order valence-corrected chi connectivity index (χ0v) is 22.3. The topological polar surface area (TPSA) is 74.6 Å². The van der Waals surface area contributed by atoms with Gasteiger partial charge in [-0.05, 0) is 54.3 Å². The van der Waals surface area contributed by atoms with Gasteiger partial charge in [-0.25, -0.2) is 4.98 Å². The van der Waals surface area contributed by atoms with Gasteiger partial charge in [-0.3, -0.25) is 9.79 Å². The second-order valence-corrected chi connectivity index (χ2v) is 10.8. The fourth-order valence-corrected chi connectivity index (χ4v) is 5.98. The molecule has 4 rings (SSSR count). The van der Waals surface area contributed by atoms with E-state index in [-0.39, 0.29) is 22.4 Å². The first-order valence-electron chi connectivity index (χ1n) is 11.0. The van der Waals surface area contributed by atoms with Crippen LogP contribution in [0.1, 0.15) is 30.5 Å². The van der Waals surface area contributed by atoms with Crippen LogP contribution in [-0.4, -0.2) is 28.0 Å². The molecule has 0 atom stereocenters. The number of aryl methyl sites for hydroxylation is 2. The van der Waals surface area contributed by atoms with Gasteiger partial charge < -0.3 is 10.4 Å². The van der Waals surface area contributed by atoms with E-state index in [0.717, 1.165) is 44.2 Å². The number of aromatic nitrogens is 1. The summed E-state index contributed by atoms with van der Waals surface area (Å²) >= 11 is 14.9. The Balaban J connectivity index is 1.44. The highest BCUT2D eigenvalue weighted by Crippen LogP contribution is 2.33. The maximum absolute atomic E-state index is 12.7. The Hall–Kier alpha value is -2.58. The first-order chi connectivity index (χ1) is 16.9. The monoisotopic (exact) mass is 543 g/mol. The number of fused-ring (bicyclic) bond motifs is 1. The van der Waals surface area contributed by atoms with Crippen molar-refractivity contribution in [3.8, 4) is 5.75 Å². The molecule has 0 saturated carbocycles. The molecule has 5 nitrogen and oxygen atoms in total. The van der Waals surface area contributed by atoms with Gasteiger partial charge in [0.05, 0.1) is 26.7 Å². The number of phenolic OH excluding ortho intramolecular Hbond substituents is 1. The number of hydrogen-bond acceptors (Lipinski definition) is 6. The third-order valence-corrected chi connectivity index (χ3v) is 8.02. The summed E-state index contributed by atoms with van der Waals surface area (Å²) in [6.07, 6.45) is 3.25. The molecule has 1 amide bonds. The molecule has 0 aliphatic rings. The minimum Gasteiger partial charge on any atom is -0.506 e. The van der Waals surface area contributed by atoms with Gasteiger partial charge in [0.15, 0.2) is 4.34 Å². The summed E-state index contributed by atoms with van der Waals surface area (Å²) in [5, 5.41) is 13.8. The molecule has 35 heavy (non-hydrogen) atoms. The van der Waals surface area contributed by atoms with E-state index in [4.69, 9.17) is 23.2 Å². The lowest BCUT2D eigenvalue weighted by molar-refractivity contribution is -0.113. The minimum absolute atomic E-state index is 0.0462. The van der Waals surface area contributed by atoms with Gasteiger partial charge in [-0.1, -0.05) is 67.0 Å². The van der Waals surface area contributed by atoms with Crippen LogP contribution in [0.25, 0.3) is 10.2 Å². The molecule has 1 aromatic heterocycles. The van der Waals surface area contributed by atoms with Gasteiger partial charge in [0.1, 0.15) is 5.75 Å². The highest BCUT2D eigenvalue weighted by molar-refractivity contribution is 8.01. The lowest BCUT2D eigenvalue weighted by Crippen LogP contribution is -2.16. The molecule has 0 fully saturated rings. The summed E-state index contributed by atoms with van der Waals surface area (Å²) in [5.41, 5.74) is 5.20. The number of para-hydroxylation sites is 1. The number of carbonyl (C=O) groups is 1. The number of halogens is 2. The third kappa shape index (κ3) is 6.16. The van der Waals surface area contributed by atoms with E-state index >= 15 is 0 Å². The van der Waals surface area contributed by atoms with E-state index in [1.54, 1.807) is 6.07 Å². The minimum atomic E-state index is -0.0664. The van der Waals surface area contributed by atoms with Crippen LogP contribution < -0.4 is 5.32 Å². The van der Waals surface area contributed by atoms with E-state index in [1.165, 1.54) is 35.4 Å². The summed E-state index contributed by atoms with van der Waals surface area (Å²) < 4.78 is 1.77. The van der Waals surface area contributed by atoms with Crippen molar-refractivity contribution in [2.45, 2.75) is 31.0 Å². The van der Waals surface area contributed by atoms with Gasteiger partial charge >= 0.3 is 0 Å². The van der Waals surface area contributed by atoms with Crippen molar-refractivity contribution in [1.82, 2.24) is 4.98 Å². The number of anilines is 1. The number of aromatic hydroxyl groups is 1. The average molecular weight is 545 g/mol. The molecule has 0 aliphatic carbocycles. The SMILES string of the molecule is CCc1cccc(CC)c1NC(=O)CSc1nc2ccc(N=Cc3cc(Cl)cc(Cl)c3O)cc2s1. The second kappa shape index (κ2) is 11.4. The molecule has 0 saturated heterocycles. The van der Waals surface area contributed by atoms with Crippen LogP contribution in [-0.2, 0) is 17.6 Å². The molecule has 180 valence electrons. The zero-order valence-electron chi connectivity index (χ0n) is 19.1. The normalized spacial score (nSPS) is 11.4. The lowest BCUT2D eigenvalue weighted by atomic mass is 10.0. The van der Waals surface area contributed by atoms with E-state index in [2.05, 4.69) is 41.3 Å². The van der Waals surface area contributed by atoms with Crippen LogP contribution >= 0.6 is 46.3 Å². The Bertz CT molecular complexity index is 1400. The Kier molecular flexibility index (Phi) is 8.34. The standard InChI is InChI=1S/C26H23Cl2N3O2S2/c1-3-15-6-5-7-16(4-2)24(15)31-23(32)14-34-26-30-21-9-8-19(12-22(21)35-26)29-13-17-10-18(27)11-20(28)25(17)33/h5-13,33H,3-4,14H2,1-2H3,(H,31,32). The van der Waals surface area contributed by atoms with Crippen LogP contribution in [0.4, 0.5) is 11.4 Å². The number of nitrogens with zero attached hydrogens (tertiary/aromatic N) is 2. The molecule has 1 heterocycles. The fraction of sp³-hybridized carbons (Fsp3) is 0.192. The Labute approximate surface area is 222 Å². The first-order valence-corrected chi connectivity index (χ1v) is 13.6. The van der Waals surface area contributed by atoms with Gasteiger partial charge in [0, 0.05) is 22.5 Å². The summed E-state index contributed by atoms with van der Waals surface area (Å²) in [6, 6.07) is 14.9. The van der Waals surface area contributed by atoms with Crippen LogP contribution in [0, 0.1) is 0 Å². The van der Waals surface area contributed by atoms with Crippen molar-refractivity contribution in [2.24, 2.45) is 4.99 Å². The Morgan fingerprint density at radius 1 is 1.14 bits per heavy atom. The van der Waals surface area contributed by atoms with E-state index in [1.807, 2.05) is 24.3 Å². The van der Waals surface area contributed by atoms with Crippen molar-refractivity contribution >= 4 is 80.0 Å². The fourth-order valence-electron chi connectivity index (χ4n) is 3.57.